The first kappa shape index (κ1) is 15.3. The van der Waals surface area contributed by atoms with Gasteiger partial charge in [-0.1, -0.05) is 19.9 Å². The predicted molar refractivity (Wildman–Crippen MR) is 79.8 cm³/mol. The number of ether oxygens (including phenoxy) is 1. The van der Waals surface area contributed by atoms with Crippen molar-refractivity contribution in [3.05, 3.63) is 29.3 Å². The molecule has 0 spiro atoms. The predicted octanol–water partition coefficient (Wildman–Crippen LogP) is 3.91. The van der Waals surface area contributed by atoms with Crippen LogP contribution in [-0.4, -0.2) is 20.2 Å². The van der Waals surface area contributed by atoms with Gasteiger partial charge in [0.1, 0.15) is 5.75 Å². The minimum Gasteiger partial charge on any atom is -0.497 e. The second-order valence-corrected chi connectivity index (χ2v) is 10.8. The molecule has 0 aromatic heterocycles. The van der Waals surface area contributed by atoms with Gasteiger partial charge in [0.05, 0.1) is 7.11 Å². The van der Waals surface area contributed by atoms with E-state index in [1.54, 1.807) is 7.11 Å². The molecule has 1 rings (SSSR count). The van der Waals surface area contributed by atoms with Crippen LogP contribution >= 0.6 is 0 Å². The number of hydrogen-bond acceptors (Lipinski definition) is 2. The minimum atomic E-state index is -2.11. The third-order valence-electron chi connectivity index (χ3n) is 4.04. The molecule has 0 amide bonds. The fourth-order valence-corrected chi connectivity index (χ4v) is 2.59. The van der Waals surface area contributed by atoms with Crippen molar-refractivity contribution in [2.45, 2.75) is 51.7 Å². The number of methoxy groups -OCH3 is 1. The zero-order chi connectivity index (χ0) is 14.0. The first-order valence-electron chi connectivity index (χ1n) is 6.53. The van der Waals surface area contributed by atoms with E-state index in [1.165, 1.54) is 11.1 Å². The number of hydrogen-bond donors (Lipinski definition) is 1. The number of benzene rings is 1. The molecule has 3 heteroatoms. The normalized spacial score (nSPS) is 12.6. The third-order valence-corrected chi connectivity index (χ3v) is 7.60. The SMILES string of the molecule is COc1cc(C)cc(CCC(C)(C)[Si](C)(C)O)c1. The number of aryl methyl sites for hydroxylation is 2. The Bertz CT molecular complexity index is 405. The molecule has 0 aliphatic carbocycles. The van der Waals surface area contributed by atoms with Gasteiger partial charge in [-0.3, -0.25) is 0 Å². The first-order chi connectivity index (χ1) is 8.15. The van der Waals surface area contributed by atoms with Crippen molar-refractivity contribution in [1.82, 2.24) is 0 Å². The van der Waals surface area contributed by atoms with Gasteiger partial charge >= 0.3 is 0 Å². The van der Waals surface area contributed by atoms with Crippen molar-refractivity contribution in [3.63, 3.8) is 0 Å². The van der Waals surface area contributed by atoms with E-state index in [0.717, 1.165) is 18.6 Å². The summed E-state index contributed by atoms with van der Waals surface area (Å²) in [7, 11) is -0.405. The standard InChI is InChI=1S/C15H26O2Si/c1-12-9-13(11-14(10-12)17-4)7-8-15(2,3)18(5,6)16/h9-11,16H,7-8H2,1-6H3. The highest BCUT2D eigenvalue weighted by atomic mass is 28.4. The average molecular weight is 266 g/mol. The molecule has 0 aliphatic heterocycles. The summed E-state index contributed by atoms with van der Waals surface area (Å²) in [4.78, 5) is 10.3. The highest BCUT2D eigenvalue weighted by molar-refractivity contribution is 6.72. The molecule has 0 saturated heterocycles. The summed E-state index contributed by atoms with van der Waals surface area (Å²) in [5.74, 6) is 0.920. The molecule has 0 saturated carbocycles. The van der Waals surface area contributed by atoms with E-state index >= 15 is 0 Å². The van der Waals surface area contributed by atoms with Crippen LogP contribution in [0.5, 0.6) is 5.75 Å². The Labute approximate surface area is 112 Å². The summed E-state index contributed by atoms with van der Waals surface area (Å²) in [5.41, 5.74) is 2.51. The Kier molecular flexibility index (Phi) is 4.62. The minimum absolute atomic E-state index is 0.0317. The van der Waals surface area contributed by atoms with Crippen molar-refractivity contribution in [2.75, 3.05) is 7.11 Å². The smallest absolute Gasteiger partial charge is 0.188 e. The van der Waals surface area contributed by atoms with Gasteiger partial charge in [0.25, 0.3) is 0 Å². The van der Waals surface area contributed by atoms with E-state index in [2.05, 4.69) is 32.9 Å². The van der Waals surface area contributed by atoms with E-state index < -0.39 is 8.32 Å². The maximum atomic E-state index is 10.3. The van der Waals surface area contributed by atoms with Gasteiger partial charge in [-0.05, 0) is 61.2 Å². The first-order valence-corrected chi connectivity index (χ1v) is 9.47. The molecule has 1 aromatic rings. The second-order valence-electron chi connectivity index (χ2n) is 6.30. The van der Waals surface area contributed by atoms with Crippen molar-refractivity contribution < 1.29 is 9.53 Å². The van der Waals surface area contributed by atoms with Gasteiger partial charge in [0.15, 0.2) is 8.32 Å². The lowest BCUT2D eigenvalue weighted by molar-refractivity contribution is 0.413. The molecule has 0 atom stereocenters. The summed E-state index contributed by atoms with van der Waals surface area (Å²) in [6.07, 6.45) is 2.00. The topological polar surface area (TPSA) is 29.5 Å². The molecule has 0 aliphatic rings. The van der Waals surface area contributed by atoms with Gasteiger partial charge in [0, 0.05) is 0 Å². The molecule has 0 unspecified atom stereocenters. The van der Waals surface area contributed by atoms with Crippen molar-refractivity contribution in [3.8, 4) is 5.75 Å². The Morgan fingerprint density at radius 3 is 2.33 bits per heavy atom. The molecular weight excluding hydrogens is 240 g/mol. The largest absolute Gasteiger partial charge is 0.497 e. The van der Waals surface area contributed by atoms with Gasteiger partial charge in [0.2, 0.25) is 0 Å². The zero-order valence-corrected chi connectivity index (χ0v) is 13.5. The molecule has 1 N–H and O–H groups in total. The Hall–Kier alpha value is -0.803. The van der Waals surface area contributed by atoms with Crippen LogP contribution < -0.4 is 4.74 Å². The van der Waals surface area contributed by atoms with Crippen LogP contribution in [0.2, 0.25) is 18.1 Å². The molecule has 0 fully saturated rings. The molecule has 18 heavy (non-hydrogen) atoms. The monoisotopic (exact) mass is 266 g/mol. The van der Waals surface area contributed by atoms with Crippen LogP contribution in [0.4, 0.5) is 0 Å². The molecule has 0 heterocycles. The third kappa shape index (κ3) is 3.85. The van der Waals surface area contributed by atoms with Crippen molar-refractivity contribution in [2.24, 2.45) is 0 Å². The van der Waals surface area contributed by atoms with E-state index in [-0.39, 0.29) is 5.04 Å². The van der Waals surface area contributed by atoms with Crippen LogP contribution in [0.1, 0.15) is 31.4 Å². The van der Waals surface area contributed by atoms with Crippen LogP contribution in [0.3, 0.4) is 0 Å². The Morgan fingerprint density at radius 1 is 1.22 bits per heavy atom. The molecule has 102 valence electrons. The summed E-state index contributed by atoms with van der Waals surface area (Å²) in [6.45, 7) is 10.5. The highest BCUT2D eigenvalue weighted by Crippen LogP contribution is 2.39. The summed E-state index contributed by atoms with van der Waals surface area (Å²) < 4.78 is 5.29. The summed E-state index contributed by atoms with van der Waals surface area (Å²) in [6, 6.07) is 6.33. The van der Waals surface area contributed by atoms with Gasteiger partial charge in [-0.25, -0.2) is 0 Å². The second kappa shape index (κ2) is 5.45. The van der Waals surface area contributed by atoms with Crippen LogP contribution in [0, 0.1) is 6.92 Å². The maximum absolute atomic E-state index is 10.3. The lowest BCUT2D eigenvalue weighted by Gasteiger charge is -2.35. The maximum Gasteiger partial charge on any atom is 0.188 e. The number of rotatable bonds is 5. The molecule has 2 nitrogen and oxygen atoms in total. The highest BCUT2D eigenvalue weighted by Gasteiger charge is 2.37. The molecular formula is C15H26O2Si. The van der Waals surface area contributed by atoms with E-state index in [0.29, 0.717) is 0 Å². The van der Waals surface area contributed by atoms with E-state index in [4.69, 9.17) is 4.74 Å². The lowest BCUT2D eigenvalue weighted by Crippen LogP contribution is -2.39. The summed E-state index contributed by atoms with van der Waals surface area (Å²) in [5, 5.41) is 0.0317. The fourth-order valence-electron chi connectivity index (χ4n) is 1.85. The molecule has 0 radical (unpaired) electrons. The Balaban J connectivity index is 2.78. The van der Waals surface area contributed by atoms with Crippen LogP contribution in [0.25, 0.3) is 0 Å². The molecule has 0 bridgehead atoms. The van der Waals surface area contributed by atoms with Crippen molar-refractivity contribution in [1.29, 1.82) is 0 Å². The zero-order valence-electron chi connectivity index (χ0n) is 12.5. The van der Waals surface area contributed by atoms with E-state index in [1.807, 2.05) is 19.2 Å². The van der Waals surface area contributed by atoms with Crippen molar-refractivity contribution >= 4 is 8.32 Å². The van der Waals surface area contributed by atoms with E-state index in [9.17, 15) is 4.80 Å². The van der Waals surface area contributed by atoms with Crippen LogP contribution in [-0.2, 0) is 6.42 Å². The van der Waals surface area contributed by atoms with Gasteiger partial charge in [-0.15, -0.1) is 0 Å². The molecule has 1 aromatic carbocycles. The van der Waals surface area contributed by atoms with Gasteiger partial charge in [-0.2, -0.15) is 0 Å². The van der Waals surface area contributed by atoms with Crippen LogP contribution in [0.15, 0.2) is 18.2 Å². The van der Waals surface area contributed by atoms with Gasteiger partial charge < -0.3 is 9.53 Å². The quantitative estimate of drug-likeness (QED) is 0.819. The average Bonchev–Trinajstić information content (AvgIpc) is 2.24. The lowest BCUT2D eigenvalue weighted by atomic mass is 10.00. The fraction of sp³-hybridized carbons (Fsp3) is 0.600. The summed E-state index contributed by atoms with van der Waals surface area (Å²) >= 11 is 0. The Morgan fingerprint density at radius 2 is 1.83 bits per heavy atom.